The van der Waals surface area contributed by atoms with Gasteiger partial charge in [-0.3, -0.25) is 5.84 Å². The van der Waals surface area contributed by atoms with E-state index in [0.717, 1.165) is 29.7 Å². The first-order valence-electron chi connectivity index (χ1n) is 6.28. The van der Waals surface area contributed by atoms with E-state index in [1.54, 1.807) is 0 Å². The van der Waals surface area contributed by atoms with E-state index in [4.69, 9.17) is 5.84 Å². The van der Waals surface area contributed by atoms with Crippen LogP contribution in [0.3, 0.4) is 0 Å². The topological polar surface area (TPSA) is 29.3 Å². The molecule has 0 aromatic carbocycles. The first-order chi connectivity index (χ1) is 6.79. The highest BCUT2D eigenvalue weighted by Crippen LogP contribution is 2.77. The van der Waals surface area contributed by atoms with Crippen molar-refractivity contribution in [3.8, 4) is 0 Å². The quantitative estimate of drug-likeness (QED) is 0.681. The maximum Gasteiger partial charge on any atom is 0.0162 e. The Morgan fingerprint density at radius 3 is 2.79 bits per heavy atom. The Morgan fingerprint density at radius 1 is 1.43 bits per heavy atom. The van der Waals surface area contributed by atoms with Crippen molar-refractivity contribution in [2.75, 3.05) is 13.1 Å². The summed E-state index contributed by atoms with van der Waals surface area (Å²) in [6.07, 6.45) is 7.20. The van der Waals surface area contributed by atoms with E-state index in [2.05, 4.69) is 11.9 Å². The third-order valence-corrected chi connectivity index (χ3v) is 5.30. The number of nitrogens with two attached hydrogens (primary N) is 1. The van der Waals surface area contributed by atoms with Gasteiger partial charge in [0.15, 0.2) is 0 Å². The standard InChI is InChI=1S/C12H22N2/c1-2-10-11-5-6-12(10,11)9-4-3-7-14(13)8-9/h9-11H,2-8,13H2,1H3. The van der Waals surface area contributed by atoms with Crippen molar-refractivity contribution in [2.45, 2.75) is 39.0 Å². The van der Waals surface area contributed by atoms with Crippen LogP contribution in [-0.2, 0) is 0 Å². The summed E-state index contributed by atoms with van der Waals surface area (Å²) < 4.78 is 0. The molecule has 1 saturated heterocycles. The molecule has 3 aliphatic rings. The molecule has 80 valence electrons. The van der Waals surface area contributed by atoms with Crippen molar-refractivity contribution in [1.82, 2.24) is 5.01 Å². The minimum atomic E-state index is 0.785. The highest BCUT2D eigenvalue weighted by atomic mass is 15.4. The van der Waals surface area contributed by atoms with Crippen molar-refractivity contribution in [1.29, 1.82) is 0 Å². The van der Waals surface area contributed by atoms with Gasteiger partial charge in [0, 0.05) is 13.1 Å². The van der Waals surface area contributed by atoms with Crippen molar-refractivity contribution < 1.29 is 0 Å². The fourth-order valence-electron chi connectivity index (χ4n) is 4.58. The summed E-state index contributed by atoms with van der Waals surface area (Å²) in [6.45, 7) is 4.66. The van der Waals surface area contributed by atoms with Gasteiger partial charge in [0.1, 0.15) is 0 Å². The van der Waals surface area contributed by atoms with E-state index in [0.29, 0.717) is 0 Å². The number of hydrazine groups is 1. The van der Waals surface area contributed by atoms with E-state index >= 15 is 0 Å². The molecule has 1 heterocycles. The van der Waals surface area contributed by atoms with Gasteiger partial charge in [-0.15, -0.1) is 0 Å². The lowest BCUT2D eigenvalue weighted by Gasteiger charge is -2.40. The molecule has 0 aromatic heterocycles. The van der Waals surface area contributed by atoms with Crippen LogP contribution in [0.4, 0.5) is 0 Å². The van der Waals surface area contributed by atoms with Gasteiger partial charge in [-0.25, -0.2) is 5.01 Å². The molecule has 1 aliphatic heterocycles. The Kier molecular flexibility index (Phi) is 1.94. The summed E-state index contributed by atoms with van der Waals surface area (Å²) in [5, 5.41) is 2.06. The van der Waals surface area contributed by atoms with E-state index < -0.39 is 0 Å². The van der Waals surface area contributed by atoms with Crippen molar-refractivity contribution in [3.05, 3.63) is 0 Å². The SMILES string of the molecule is CCC1C2CCC12C1CCCN(N)C1. The lowest BCUT2D eigenvalue weighted by atomic mass is 9.71. The van der Waals surface area contributed by atoms with Gasteiger partial charge >= 0.3 is 0 Å². The summed E-state index contributed by atoms with van der Waals surface area (Å²) in [4.78, 5) is 0. The highest BCUT2D eigenvalue weighted by Gasteiger charge is 2.71. The molecule has 0 aromatic rings. The summed E-state index contributed by atoms with van der Waals surface area (Å²) in [7, 11) is 0. The van der Waals surface area contributed by atoms with Crippen molar-refractivity contribution in [3.63, 3.8) is 0 Å². The predicted octanol–water partition coefficient (Wildman–Crippen LogP) is 2.01. The zero-order chi connectivity index (χ0) is 9.76. The van der Waals surface area contributed by atoms with Gasteiger partial charge in [-0.2, -0.15) is 0 Å². The maximum atomic E-state index is 5.94. The van der Waals surface area contributed by atoms with Crippen molar-refractivity contribution in [2.24, 2.45) is 29.0 Å². The summed E-state index contributed by atoms with van der Waals surface area (Å²) in [5.41, 5.74) is 0.785. The third kappa shape index (κ3) is 0.989. The lowest BCUT2D eigenvalue weighted by molar-refractivity contribution is 0.0762. The average molecular weight is 194 g/mol. The minimum Gasteiger partial charge on any atom is -0.269 e. The Bertz CT molecular complexity index is 240. The molecule has 4 atom stereocenters. The maximum absolute atomic E-state index is 5.94. The summed E-state index contributed by atoms with van der Waals surface area (Å²) in [5.74, 6) is 9.04. The molecule has 0 radical (unpaired) electrons. The van der Waals surface area contributed by atoms with E-state index in [9.17, 15) is 0 Å². The highest BCUT2D eigenvalue weighted by molar-refractivity contribution is 5.20. The zero-order valence-electron chi connectivity index (χ0n) is 9.21. The number of nitrogens with zero attached hydrogens (tertiary/aromatic N) is 1. The lowest BCUT2D eigenvalue weighted by Crippen LogP contribution is -2.45. The molecule has 2 aliphatic carbocycles. The molecule has 3 rings (SSSR count). The van der Waals surface area contributed by atoms with Crippen LogP contribution in [0.1, 0.15) is 39.0 Å². The second-order valence-electron chi connectivity index (χ2n) is 5.61. The number of rotatable bonds is 2. The fraction of sp³-hybridized carbons (Fsp3) is 1.00. The minimum absolute atomic E-state index is 0.785. The van der Waals surface area contributed by atoms with Gasteiger partial charge in [-0.05, 0) is 48.9 Å². The third-order valence-electron chi connectivity index (χ3n) is 5.30. The van der Waals surface area contributed by atoms with Gasteiger partial charge in [0.05, 0.1) is 0 Å². The molecule has 0 spiro atoms. The second kappa shape index (κ2) is 2.96. The van der Waals surface area contributed by atoms with E-state index in [-0.39, 0.29) is 0 Å². The Balaban J connectivity index is 1.71. The molecule has 0 bridgehead atoms. The van der Waals surface area contributed by atoms with Gasteiger partial charge < -0.3 is 0 Å². The monoisotopic (exact) mass is 194 g/mol. The van der Waals surface area contributed by atoms with Crippen LogP contribution in [0.15, 0.2) is 0 Å². The molecular formula is C12H22N2. The number of hydrogen-bond donors (Lipinski definition) is 1. The Morgan fingerprint density at radius 2 is 2.29 bits per heavy atom. The first-order valence-corrected chi connectivity index (χ1v) is 6.28. The first kappa shape index (κ1) is 9.17. The average Bonchev–Trinajstić information content (AvgIpc) is 2.62. The van der Waals surface area contributed by atoms with Crippen LogP contribution >= 0.6 is 0 Å². The van der Waals surface area contributed by atoms with Crippen LogP contribution in [0, 0.1) is 23.2 Å². The van der Waals surface area contributed by atoms with Gasteiger partial charge in [0.2, 0.25) is 0 Å². The number of piperidine rings is 1. The fourth-order valence-corrected chi connectivity index (χ4v) is 4.58. The Hall–Kier alpha value is -0.0800. The Labute approximate surface area is 86.8 Å². The van der Waals surface area contributed by atoms with Crippen LogP contribution in [0.5, 0.6) is 0 Å². The molecule has 0 amide bonds. The van der Waals surface area contributed by atoms with Gasteiger partial charge in [-0.1, -0.05) is 13.3 Å². The smallest absolute Gasteiger partial charge is 0.0162 e. The van der Waals surface area contributed by atoms with E-state index in [1.165, 1.54) is 38.6 Å². The number of fused-ring (bicyclic) bond motifs is 1. The van der Waals surface area contributed by atoms with E-state index in [1.807, 2.05) is 0 Å². The van der Waals surface area contributed by atoms with Gasteiger partial charge in [0.25, 0.3) is 0 Å². The normalized spacial score (nSPS) is 52.3. The molecular weight excluding hydrogens is 172 g/mol. The zero-order valence-corrected chi connectivity index (χ0v) is 9.21. The molecule has 2 N–H and O–H groups in total. The van der Waals surface area contributed by atoms with Crippen LogP contribution < -0.4 is 5.84 Å². The molecule has 2 heteroatoms. The molecule has 14 heavy (non-hydrogen) atoms. The second-order valence-corrected chi connectivity index (χ2v) is 5.61. The summed E-state index contributed by atoms with van der Waals surface area (Å²) >= 11 is 0. The molecule has 2 nitrogen and oxygen atoms in total. The summed E-state index contributed by atoms with van der Waals surface area (Å²) in [6, 6.07) is 0. The van der Waals surface area contributed by atoms with Crippen LogP contribution in [0.2, 0.25) is 0 Å². The predicted molar refractivity (Wildman–Crippen MR) is 57.4 cm³/mol. The van der Waals surface area contributed by atoms with Crippen LogP contribution in [-0.4, -0.2) is 18.1 Å². The number of hydrogen-bond acceptors (Lipinski definition) is 2. The molecule has 4 unspecified atom stereocenters. The van der Waals surface area contributed by atoms with Crippen LogP contribution in [0.25, 0.3) is 0 Å². The van der Waals surface area contributed by atoms with Crippen molar-refractivity contribution >= 4 is 0 Å². The molecule has 3 fully saturated rings. The molecule has 2 saturated carbocycles. The largest absolute Gasteiger partial charge is 0.269 e.